The van der Waals surface area contributed by atoms with Gasteiger partial charge in [0.25, 0.3) is 0 Å². The minimum atomic E-state index is -0.457. The molecule has 1 N–H and O–H groups in total. The maximum absolute atomic E-state index is 14.0. The summed E-state index contributed by atoms with van der Waals surface area (Å²) in [5.74, 6) is -0.457. The summed E-state index contributed by atoms with van der Waals surface area (Å²) < 4.78 is 19.1. The molecule has 0 saturated heterocycles. The second kappa shape index (κ2) is 7.41. The summed E-state index contributed by atoms with van der Waals surface area (Å²) >= 11 is 0. The van der Waals surface area contributed by atoms with E-state index in [4.69, 9.17) is 10.00 Å². The average molecular weight is 284 g/mol. The fourth-order valence-electron chi connectivity index (χ4n) is 2.12. The summed E-state index contributed by atoms with van der Waals surface area (Å²) in [6, 6.07) is 14.6. The number of hydrogen-bond acceptors (Lipinski definition) is 3. The molecule has 0 amide bonds. The molecular formula is C17H17FN2O. The predicted octanol–water partition coefficient (Wildman–Crippen LogP) is 3.50. The highest BCUT2D eigenvalue weighted by atomic mass is 19.1. The molecule has 0 aromatic heterocycles. The Labute approximate surface area is 124 Å². The number of hydrogen-bond donors (Lipinski definition) is 1. The van der Waals surface area contributed by atoms with Crippen LogP contribution in [0.2, 0.25) is 0 Å². The lowest BCUT2D eigenvalue weighted by molar-refractivity contribution is 0.202. The van der Waals surface area contributed by atoms with Gasteiger partial charge in [-0.15, -0.1) is 0 Å². The predicted molar refractivity (Wildman–Crippen MR) is 80.5 cm³/mol. The molecule has 0 aliphatic heterocycles. The fraction of sp³-hybridized carbons (Fsp3) is 0.235. The second-order valence-corrected chi connectivity index (χ2v) is 4.64. The Morgan fingerprint density at radius 1 is 1.14 bits per heavy atom. The van der Waals surface area contributed by atoms with Crippen molar-refractivity contribution >= 4 is 5.69 Å². The van der Waals surface area contributed by atoms with Gasteiger partial charge in [-0.3, -0.25) is 0 Å². The fourth-order valence-corrected chi connectivity index (χ4v) is 2.12. The van der Waals surface area contributed by atoms with Crippen molar-refractivity contribution in [3.05, 3.63) is 65.0 Å². The number of methoxy groups -OCH3 is 1. The molecular weight excluding hydrogens is 267 g/mol. The highest BCUT2D eigenvalue weighted by Gasteiger charge is 2.08. The van der Waals surface area contributed by atoms with Crippen LogP contribution in [-0.2, 0) is 17.7 Å². The van der Waals surface area contributed by atoms with Crippen molar-refractivity contribution in [3.8, 4) is 6.07 Å². The number of rotatable bonds is 6. The maximum Gasteiger partial charge on any atom is 0.145 e. The third-order valence-corrected chi connectivity index (χ3v) is 3.26. The summed E-state index contributed by atoms with van der Waals surface area (Å²) in [6.07, 6.45) is 0.792. The van der Waals surface area contributed by atoms with Crippen molar-refractivity contribution in [2.24, 2.45) is 0 Å². The van der Waals surface area contributed by atoms with E-state index >= 15 is 0 Å². The van der Waals surface area contributed by atoms with E-state index < -0.39 is 5.82 Å². The molecule has 3 nitrogen and oxygen atoms in total. The summed E-state index contributed by atoms with van der Waals surface area (Å²) in [5.41, 5.74) is 2.63. The number of nitrogens with one attached hydrogen (secondary N) is 1. The monoisotopic (exact) mass is 284 g/mol. The highest BCUT2D eigenvalue weighted by molar-refractivity contribution is 5.52. The first-order chi connectivity index (χ1) is 10.3. The third kappa shape index (κ3) is 3.80. The zero-order chi connectivity index (χ0) is 15.1. The lowest BCUT2D eigenvalue weighted by atomic mass is 10.1. The maximum atomic E-state index is 14.0. The molecule has 4 heteroatoms. The Balaban J connectivity index is 2.12. The summed E-state index contributed by atoms with van der Waals surface area (Å²) in [5, 5.41) is 12.1. The van der Waals surface area contributed by atoms with E-state index in [0.29, 0.717) is 18.7 Å². The summed E-state index contributed by atoms with van der Waals surface area (Å²) in [7, 11) is 1.67. The van der Waals surface area contributed by atoms with Crippen molar-refractivity contribution in [3.63, 3.8) is 0 Å². The molecule has 0 atom stereocenters. The van der Waals surface area contributed by atoms with Gasteiger partial charge in [0.05, 0.1) is 12.2 Å². The van der Waals surface area contributed by atoms with Gasteiger partial charge in [0, 0.05) is 24.9 Å². The van der Waals surface area contributed by atoms with Gasteiger partial charge in [-0.05, 0) is 24.1 Å². The van der Waals surface area contributed by atoms with Crippen LogP contribution in [0.5, 0.6) is 0 Å². The lowest BCUT2D eigenvalue weighted by Gasteiger charge is -2.12. The zero-order valence-corrected chi connectivity index (χ0v) is 11.9. The van der Waals surface area contributed by atoms with Crippen molar-refractivity contribution < 1.29 is 9.13 Å². The molecule has 0 fully saturated rings. The molecule has 0 heterocycles. The Morgan fingerprint density at radius 3 is 2.67 bits per heavy atom. The van der Waals surface area contributed by atoms with E-state index in [9.17, 15) is 4.39 Å². The van der Waals surface area contributed by atoms with Crippen molar-refractivity contribution in [1.29, 1.82) is 5.26 Å². The lowest BCUT2D eigenvalue weighted by Crippen LogP contribution is -2.06. The van der Waals surface area contributed by atoms with E-state index in [-0.39, 0.29) is 5.56 Å². The van der Waals surface area contributed by atoms with E-state index in [0.717, 1.165) is 17.7 Å². The number of nitriles is 1. The quantitative estimate of drug-likeness (QED) is 0.883. The number of anilines is 1. The van der Waals surface area contributed by atoms with Crippen molar-refractivity contribution in [2.75, 3.05) is 19.0 Å². The van der Waals surface area contributed by atoms with Gasteiger partial charge in [0.2, 0.25) is 0 Å². The first-order valence-corrected chi connectivity index (χ1v) is 6.74. The molecule has 0 aliphatic carbocycles. The minimum Gasteiger partial charge on any atom is -0.384 e. The van der Waals surface area contributed by atoms with Gasteiger partial charge in [0.1, 0.15) is 11.9 Å². The summed E-state index contributed by atoms with van der Waals surface area (Å²) in [4.78, 5) is 0. The minimum absolute atomic E-state index is 0.0713. The van der Waals surface area contributed by atoms with Gasteiger partial charge >= 0.3 is 0 Å². The number of para-hydroxylation sites is 1. The molecule has 0 aliphatic rings. The van der Waals surface area contributed by atoms with Gasteiger partial charge in [-0.2, -0.15) is 5.26 Å². The molecule has 2 aromatic carbocycles. The van der Waals surface area contributed by atoms with Crippen LogP contribution in [0.25, 0.3) is 0 Å². The number of halogens is 1. The van der Waals surface area contributed by atoms with Crippen LogP contribution in [0, 0.1) is 17.1 Å². The number of ether oxygens (including phenoxy) is 1. The summed E-state index contributed by atoms with van der Waals surface area (Å²) in [6.45, 7) is 0.975. The van der Waals surface area contributed by atoms with Crippen LogP contribution in [0.4, 0.5) is 10.1 Å². The second-order valence-electron chi connectivity index (χ2n) is 4.64. The molecule has 0 spiro atoms. The van der Waals surface area contributed by atoms with E-state index in [2.05, 4.69) is 5.32 Å². The van der Waals surface area contributed by atoms with Gasteiger partial charge in [-0.1, -0.05) is 30.3 Å². The average Bonchev–Trinajstić information content (AvgIpc) is 2.52. The third-order valence-electron chi connectivity index (χ3n) is 3.26. The highest BCUT2D eigenvalue weighted by Crippen LogP contribution is 2.18. The number of nitrogens with zero attached hydrogens (tertiary/aromatic N) is 1. The SMILES string of the molecule is COCCc1ccccc1NCc1cccc(C#N)c1F. The van der Waals surface area contributed by atoms with Gasteiger partial charge in [-0.25, -0.2) is 4.39 Å². The molecule has 21 heavy (non-hydrogen) atoms. The molecule has 0 saturated carbocycles. The Morgan fingerprint density at radius 2 is 1.90 bits per heavy atom. The van der Waals surface area contributed by atoms with E-state index in [1.807, 2.05) is 30.3 Å². The van der Waals surface area contributed by atoms with Gasteiger partial charge in [0.15, 0.2) is 0 Å². The molecule has 0 bridgehead atoms. The molecule has 0 unspecified atom stereocenters. The van der Waals surface area contributed by atoms with E-state index in [1.165, 1.54) is 6.07 Å². The van der Waals surface area contributed by atoms with Crippen molar-refractivity contribution in [2.45, 2.75) is 13.0 Å². The molecule has 2 aromatic rings. The van der Waals surface area contributed by atoms with Crippen LogP contribution < -0.4 is 5.32 Å². The van der Waals surface area contributed by atoms with Crippen LogP contribution in [-0.4, -0.2) is 13.7 Å². The Hall–Kier alpha value is -2.38. The smallest absolute Gasteiger partial charge is 0.145 e. The largest absolute Gasteiger partial charge is 0.384 e. The Kier molecular flexibility index (Phi) is 5.30. The first kappa shape index (κ1) is 15.0. The zero-order valence-electron chi connectivity index (χ0n) is 11.9. The van der Waals surface area contributed by atoms with Gasteiger partial charge < -0.3 is 10.1 Å². The molecule has 0 radical (unpaired) electrons. The standard InChI is InChI=1S/C17H17FN2O/c1-21-10-9-13-5-2-3-8-16(13)20-12-15-7-4-6-14(11-19)17(15)18/h2-8,20H,9-10,12H2,1H3. The molecule has 2 rings (SSSR count). The van der Waals surface area contributed by atoms with E-state index in [1.54, 1.807) is 19.2 Å². The van der Waals surface area contributed by atoms with Crippen LogP contribution >= 0.6 is 0 Å². The Bertz CT molecular complexity index is 649. The number of benzene rings is 2. The topological polar surface area (TPSA) is 45.0 Å². The van der Waals surface area contributed by atoms with Crippen LogP contribution in [0.1, 0.15) is 16.7 Å². The van der Waals surface area contributed by atoms with Crippen molar-refractivity contribution in [1.82, 2.24) is 0 Å². The first-order valence-electron chi connectivity index (χ1n) is 6.74. The molecule has 108 valence electrons. The normalized spacial score (nSPS) is 10.1. The van der Waals surface area contributed by atoms with Crippen LogP contribution in [0.15, 0.2) is 42.5 Å². The van der Waals surface area contributed by atoms with Crippen LogP contribution in [0.3, 0.4) is 0 Å².